The van der Waals surface area contributed by atoms with E-state index in [0.717, 1.165) is 10.0 Å². The van der Waals surface area contributed by atoms with E-state index in [-0.39, 0.29) is 6.04 Å². The van der Waals surface area contributed by atoms with Crippen molar-refractivity contribution in [1.82, 2.24) is 5.32 Å². The Hall–Kier alpha value is -1.03. The van der Waals surface area contributed by atoms with E-state index < -0.39 is 0 Å². The van der Waals surface area contributed by atoms with Crippen LogP contribution < -0.4 is 10.1 Å². The van der Waals surface area contributed by atoms with Crippen molar-refractivity contribution in [3.63, 3.8) is 0 Å². The number of ether oxygens (including phenoxy) is 1. The lowest BCUT2D eigenvalue weighted by Crippen LogP contribution is -2.17. The zero-order valence-corrected chi connectivity index (χ0v) is 14.0. The van der Waals surface area contributed by atoms with Gasteiger partial charge in [-0.3, -0.25) is 0 Å². The third-order valence-electron chi connectivity index (χ3n) is 3.31. The molecule has 106 valence electrons. The molecule has 20 heavy (non-hydrogen) atoms. The fourth-order valence-electron chi connectivity index (χ4n) is 2.23. The highest BCUT2D eigenvalue weighted by Crippen LogP contribution is 2.31. The first-order valence-electron chi connectivity index (χ1n) is 6.33. The second-order valence-electron chi connectivity index (χ2n) is 4.62. The van der Waals surface area contributed by atoms with Gasteiger partial charge in [-0.25, -0.2) is 0 Å². The first-order valence-corrected chi connectivity index (χ1v) is 7.50. The van der Waals surface area contributed by atoms with Crippen molar-refractivity contribution in [2.45, 2.75) is 13.0 Å². The van der Waals surface area contributed by atoms with Crippen LogP contribution in [0.5, 0.6) is 5.75 Å². The van der Waals surface area contributed by atoms with E-state index >= 15 is 0 Å². The number of aryl methyl sites for hydroxylation is 1. The maximum atomic E-state index is 6.08. The van der Waals surface area contributed by atoms with Gasteiger partial charge in [0.15, 0.2) is 0 Å². The highest BCUT2D eigenvalue weighted by atomic mass is 79.9. The minimum absolute atomic E-state index is 0.105. The maximum absolute atomic E-state index is 6.08. The van der Waals surface area contributed by atoms with Crippen LogP contribution in [0.3, 0.4) is 0 Å². The third-order valence-corrected chi connectivity index (χ3v) is 4.51. The highest BCUT2D eigenvalue weighted by Gasteiger charge is 2.14. The molecule has 0 aromatic heterocycles. The van der Waals surface area contributed by atoms with E-state index in [1.165, 1.54) is 11.1 Å². The lowest BCUT2D eigenvalue weighted by atomic mass is 9.97. The van der Waals surface area contributed by atoms with Crippen LogP contribution in [0, 0.1) is 6.92 Å². The predicted octanol–water partition coefficient (Wildman–Crippen LogP) is 4.73. The Bertz CT molecular complexity index is 615. The topological polar surface area (TPSA) is 21.3 Å². The summed E-state index contributed by atoms with van der Waals surface area (Å²) in [6, 6.07) is 12.3. The maximum Gasteiger partial charge on any atom is 0.137 e. The van der Waals surface area contributed by atoms with Crippen molar-refractivity contribution in [3.05, 3.63) is 62.6 Å². The van der Waals surface area contributed by atoms with Crippen LogP contribution >= 0.6 is 27.5 Å². The molecule has 1 N–H and O–H groups in total. The zero-order chi connectivity index (χ0) is 14.7. The lowest BCUT2D eigenvalue weighted by molar-refractivity contribution is 0.414. The van der Waals surface area contributed by atoms with Gasteiger partial charge in [0.05, 0.1) is 18.2 Å². The normalized spacial score (nSPS) is 12.2. The summed E-state index contributed by atoms with van der Waals surface area (Å²) in [5, 5.41) is 3.96. The Morgan fingerprint density at radius 2 is 1.80 bits per heavy atom. The largest absolute Gasteiger partial charge is 0.495 e. The Balaban J connectivity index is 2.43. The molecule has 0 bridgehead atoms. The molecule has 0 saturated heterocycles. The fraction of sp³-hybridized carbons (Fsp3) is 0.250. The zero-order valence-electron chi connectivity index (χ0n) is 11.7. The minimum Gasteiger partial charge on any atom is -0.495 e. The van der Waals surface area contributed by atoms with Crippen LogP contribution in [0.1, 0.15) is 22.7 Å². The van der Waals surface area contributed by atoms with Crippen LogP contribution in [-0.4, -0.2) is 14.2 Å². The van der Waals surface area contributed by atoms with E-state index in [2.05, 4.69) is 46.4 Å². The van der Waals surface area contributed by atoms with Crippen LogP contribution in [0.25, 0.3) is 0 Å². The van der Waals surface area contributed by atoms with Crippen LogP contribution in [0.4, 0.5) is 0 Å². The molecule has 2 rings (SSSR count). The molecule has 0 fully saturated rings. The molecule has 1 unspecified atom stereocenters. The quantitative estimate of drug-likeness (QED) is 0.857. The van der Waals surface area contributed by atoms with Crippen molar-refractivity contribution >= 4 is 27.5 Å². The molecule has 0 spiro atoms. The van der Waals surface area contributed by atoms with Gasteiger partial charge >= 0.3 is 0 Å². The summed E-state index contributed by atoms with van der Waals surface area (Å²) >= 11 is 9.62. The van der Waals surface area contributed by atoms with E-state index in [9.17, 15) is 0 Å². The average molecular weight is 355 g/mol. The van der Waals surface area contributed by atoms with Crippen molar-refractivity contribution in [1.29, 1.82) is 0 Å². The van der Waals surface area contributed by atoms with Crippen LogP contribution in [0.15, 0.2) is 40.9 Å². The molecule has 0 radical (unpaired) electrons. The number of benzene rings is 2. The van der Waals surface area contributed by atoms with Gasteiger partial charge in [-0.15, -0.1) is 0 Å². The average Bonchev–Trinajstić information content (AvgIpc) is 2.45. The molecule has 2 aromatic carbocycles. The highest BCUT2D eigenvalue weighted by molar-refractivity contribution is 9.10. The standard InChI is InChI=1S/C16H17BrClNO/c1-10-8-11(4-6-13(10)17)16(19-2)12-5-7-14(18)15(9-12)20-3/h4-9,16,19H,1-3H3. The Morgan fingerprint density at radius 1 is 1.15 bits per heavy atom. The first kappa shape index (κ1) is 15.4. The molecule has 0 heterocycles. The molecule has 2 nitrogen and oxygen atoms in total. The Kier molecular flexibility index (Phi) is 5.08. The molecule has 2 aromatic rings. The molecular formula is C16H17BrClNO. The van der Waals surface area contributed by atoms with Gasteiger partial charge in [-0.1, -0.05) is 45.7 Å². The predicted molar refractivity (Wildman–Crippen MR) is 87.8 cm³/mol. The summed E-state index contributed by atoms with van der Waals surface area (Å²) in [5.41, 5.74) is 3.54. The van der Waals surface area contributed by atoms with Crippen LogP contribution in [0.2, 0.25) is 5.02 Å². The summed E-state index contributed by atoms with van der Waals surface area (Å²) in [6.45, 7) is 2.09. The van der Waals surface area contributed by atoms with Crippen molar-refractivity contribution < 1.29 is 4.74 Å². The molecule has 0 aliphatic carbocycles. The van der Waals surface area contributed by atoms with Gasteiger partial charge in [-0.2, -0.15) is 0 Å². The molecule has 1 atom stereocenters. The van der Waals surface area contributed by atoms with Gasteiger partial charge < -0.3 is 10.1 Å². The van der Waals surface area contributed by atoms with Crippen LogP contribution in [-0.2, 0) is 0 Å². The summed E-state index contributed by atoms with van der Waals surface area (Å²) in [4.78, 5) is 0. The molecule has 0 amide bonds. The van der Waals surface area contributed by atoms with Gasteiger partial charge in [-0.05, 0) is 48.9 Å². The van der Waals surface area contributed by atoms with E-state index in [4.69, 9.17) is 16.3 Å². The smallest absolute Gasteiger partial charge is 0.137 e. The Morgan fingerprint density at radius 3 is 2.40 bits per heavy atom. The number of nitrogens with one attached hydrogen (secondary N) is 1. The number of halogens is 2. The van der Waals surface area contributed by atoms with Crippen molar-refractivity contribution in [2.24, 2.45) is 0 Å². The molecule has 4 heteroatoms. The molecule has 0 aliphatic rings. The number of rotatable bonds is 4. The van der Waals surface area contributed by atoms with Gasteiger partial charge in [0.25, 0.3) is 0 Å². The third kappa shape index (κ3) is 3.17. The van der Waals surface area contributed by atoms with Crippen molar-refractivity contribution in [2.75, 3.05) is 14.2 Å². The summed E-state index contributed by atoms with van der Waals surface area (Å²) in [7, 11) is 3.58. The lowest BCUT2D eigenvalue weighted by Gasteiger charge is -2.19. The monoisotopic (exact) mass is 353 g/mol. The van der Waals surface area contributed by atoms with E-state index in [0.29, 0.717) is 10.8 Å². The minimum atomic E-state index is 0.105. The molecule has 0 saturated carbocycles. The summed E-state index contributed by atoms with van der Waals surface area (Å²) in [5.74, 6) is 0.693. The summed E-state index contributed by atoms with van der Waals surface area (Å²) < 4.78 is 6.41. The van der Waals surface area contributed by atoms with Gasteiger partial charge in [0.2, 0.25) is 0 Å². The van der Waals surface area contributed by atoms with E-state index in [1.54, 1.807) is 7.11 Å². The molecule has 0 aliphatic heterocycles. The fourth-order valence-corrected chi connectivity index (χ4v) is 2.67. The van der Waals surface area contributed by atoms with Crippen molar-refractivity contribution in [3.8, 4) is 5.75 Å². The van der Waals surface area contributed by atoms with Gasteiger partial charge in [0.1, 0.15) is 5.75 Å². The number of hydrogen-bond acceptors (Lipinski definition) is 2. The SMILES string of the molecule is CNC(c1ccc(Br)c(C)c1)c1ccc(Cl)c(OC)c1. The number of methoxy groups -OCH3 is 1. The summed E-state index contributed by atoms with van der Waals surface area (Å²) in [6.07, 6.45) is 0. The Labute approximate surface area is 133 Å². The first-order chi connectivity index (χ1) is 9.56. The van der Waals surface area contributed by atoms with E-state index in [1.807, 2.05) is 25.2 Å². The number of hydrogen-bond donors (Lipinski definition) is 1. The second kappa shape index (κ2) is 6.61. The molecular weight excluding hydrogens is 338 g/mol. The van der Waals surface area contributed by atoms with Gasteiger partial charge in [0, 0.05) is 4.47 Å². The second-order valence-corrected chi connectivity index (χ2v) is 5.89.